The van der Waals surface area contributed by atoms with Crippen molar-refractivity contribution in [2.45, 2.75) is 40.0 Å². The van der Waals surface area contributed by atoms with Crippen LogP contribution in [0.25, 0.3) is 0 Å². The van der Waals surface area contributed by atoms with Crippen molar-refractivity contribution in [1.82, 2.24) is 0 Å². The molecule has 0 aromatic carbocycles. The highest BCUT2D eigenvalue weighted by molar-refractivity contribution is 5.32. The van der Waals surface area contributed by atoms with E-state index in [0.29, 0.717) is 5.92 Å². The van der Waals surface area contributed by atoms with Crippen molar-refractivity contribution < 1.29 is 0 Å². The van der Waals surface area contributed by atoms with Crippen molar-refractivity contribution in [3.63, 3.8) is 0 Å². The minimum absolute atomic E-state index is 0.633. The molecule has 0 aliphatic carbocycles. The Morgan fingerprint density at radius 1 is 1.46 bits per heavy atom. The maximum Gasteiger partial charge on any atom is 0.0987 e. The molecule has 0 amide bonds. The molecule has 0 saturated carbocycles. The molecule has 0 N–H and O–H groups in total. The van der Waals surface area contributed by atoms with Crippen LogP contribution in [-0.4, -0.2) is 0 Å². The van der Waals surface area contributed by atoms with Crippen LogP contribution >= 0.6 is 0 Å². The van der Waals surface area contributed by atoms with Gasteiger partial charge >= 0.3 is 0 Å². The fourth-order valence-corrected chi connectivity index (χ4v) is 1.25. The Morgan fingerprint density at radius 3 is 2.54 bits per heavy atom. The van der Waals surface area contributed by atoms with E-state index >= 15 is 0 Å². The lowest BCUT2D eigenvalue weighted by Gasteiger charge is -2.06. The topological polar surface area (TPSA) is 23.8 Å². The van der Waals surface area contributed by atoms with Gasteiger partial charge in [-0.3, -0.25) is 0 Å². The van der Waals surface area contributed by atoms with Gasteiger partial charge in [-0.1, -0.05) is 32.4 Å². The maximum atomic E-state index is 8.67. The Morgan fingerprint density at radius 2 is 2.15 bits per heavy atom. The third kappa shape index (κ3) is 5.25. The molecule has 0 bridgehead atoms. The lowest BCUT2D eigenvalue weighted by Crippen LogP contribution is -1.92. The zero-order chi connectivity index (χ0) is 10.1. The number of hydrogen-bond acceptors (Lipinski definition) is 1. The maximum absolute atomic E-state index is 8.67. The number of hydrogen-bond donors (Lipinski definition) is 0. The third-order valence-electron chi connectivity index (χ3n) is 2.17. The molecule has 1 unspecified atom stereocenters. The van der Waals surface area contributed by atoms with Crippen molar-refractivity contribution >= 4 is 0 Å². The van der Waals surface area contributed by atoms with Gasteiger partial charge in [-0.2, -0.15) is 5.26 Å². The zero-order valence-corrected chi connectivity index (χ0v) is 8.88. The highest BCUT2D eigenvalue weighted by Crippen LogP contribution is 2.13. The Balaban J connectivity index is 4.14. The van der Waals surface area contributed by atoms with E-state index in [4.69, 9.17) is 5.26 Å². The van der Waals surface area contributed by atoms with Crippen LogP contribution in [-0.2, 0) is 0 Å². The molecule has 0 rings (SSSR count). The highest BCUT2D eigenvalue weighted by Gasteiger charge is 1.99. The average molecular weight is 177 g/mol. The molecule has 0 aliphatic rings. The van der Waals surface area contributed by atoms with E-state index in [1.54, 1.807) is 0 Å². The molecule has 0 aromatic heterocycles. The van der Waals surface area contributed by atoms with Gasteiger partial charge < -0.3 is 0 Å². The largest absolute Gasteiger partial charge is 0.192 e. The summed E-state index contributed by atoms with van der Waals surface area (Å²) in [4.78, 5) is 0. The molecule has 0 saturated heterocycles. The van der Waals surface area contributed by atoms with E-state index in [9.17, 15) is 0 Å². The quantitative estimate of drug-likeness (QED) is 0.462. The van der Waals surface area contributed by atoms with Gasteiger partial charge in [0.05, 0.1) is 6.07 Å². The van der Waals surface area contributed by atoms with Gasteiger partial charge in [-0.05, 0) is 31.8 Å². The SMILES string of the molecule is CC=C(C#N)/C=C/C(CC)CCC. The van der Waals surface area contributed by atoms with Crippen molar-refractivity contribution in [2.75, 3.05) is 0 Å². The zero-order valence-electron chi connectivity index (χ0n) is 8.88. The van der Waals surface area contributed by atoms with Gasteiger partial charge in [-0.15, -0.1) is 0 Å². The summed E-state index contributed by atoms with van der Waals surface area (Å²) in [5.41, 5.74) is 0.759. The molecule has 13 heavy (non-hydrogen) atoms. The summed E-state index contributed by atoms with van der Waals surface area (Å²) in [5.74, 6) is 0.633. The van der Waals surface area contributed by atoms with E-state index in [0.717, 1.165) is 12.0 Å². The molecule has 0 aromatic rings. The minimum Gasteiger partial charge on any atom is -0.192 e. The second kappa shape index (κ2) is 7.61. The van der Waals surface area contributed by atoms with Crippen LogP contribution in [0.5, 0.6) is 0 Å². The van der Waals surface area contributed by atoms with Crippen molar-refractivity contribution in [1.29, 1.82) is 5.26 Å². The average Bonchev–Trinajstić information content (AvgIpc) is 2.17. The Kier molecular flexibility index (Phi) is 7.01. The number of nitrogens with zero attached hydrogens (tertiary/aromatic N) is 1. The van der Waals surface area contributed by atoms with E-state index in [1.807, 2.05) is 19.1 Å². The monoisotopic (exact) mass is 177 g/mol. The Labute approximate surface area is 81.8 Å². The van der Waals surface area contributed by atoms with Gasteiger partial charge in [0.15, 0.2) is 0 Å². The summed E-state index contributed by atoms with van der Waals surface area (Å²) in [6.45, 7) is 6.27. The normalized spacial score (nSPS) is 14.5. The van der Waals surface area contributed by atoms with Crippen LogP contribution in [0.4, 0.5) is 0 Å². The second-order valence-electron chi connectivity index (χ2n) is 3.17. The number of rotatable bonds is 5. The molecule has 0 aliphatic heterocycles. The fourth-order valence-electron chi connectivity index (χ4n) is 1.25. The molecule has 1 heteroatoms. The summed E-state index contributed by atoms with van der Waals surface area (Å²) in [6.07, 6.45) is 9.52. The first-order valence-electron chi connectivity index (χ1n) is 5.03. The summed E-state index contributed by atoms with van der Waals surface area (Å²) in [6, 6.07) is 2.15. The Hall–Kier alpha value is -1.03. The standard InChI is InChI=1S/C12H19N/c1-4-7-11(5-2)8-9-12(6-3)10-13/h6,8-9,11H,4-5,7H2,1-3H3/b9-8+,12-6?. The fraction of sp³-hybridized carbons (Fsp3) is 0.583. The highest BCUT2D eigenvalue weighted by atomic mass is 14.2. The lowest BCUT2D eigenvalue weighted by atomic mass is 9.99. The lowest BCUT2D eigenvalue weighted by molar-refractivity contribution is 0.563. The van der Waals surface area contributed by atoms with Gasteiger partial charge in [-0.25, -0.2) is 0 Å². The first-order valence-corrected chi connectivity index (χ1v) is 5.03. The van der Waals surface area contributed by atoms with Gasteiger partial charge in [0, 0.05) is 5.57 Å². The number of allylic oxidation sites excluding steroid dienone is 4. The van der Waals surface area contributed by atoms with Crippen LogP contribution in [0.2, 0.25) is 0 Å². The van der Waals surface area contributed by atoms with Crippen LogP contribution in [0.15, 0.2) is 23.8 Å². The van der Waals surface area contributed by atoms with Crippen molar-refractivity contribution in [3.05, 3.63) is 23.8 Å². The van der Waals surface area contributed by atoms with E-state index in [2.05, 4.69) is 26.0 Å². The molecular formula is C12H19N. The molecule has 1 nitrogen and oxygen atoms in total. The molecule has 72 valence electrons. The van der Waals surface area contributed by atoms with Crippen LogP contribution in [0, 0.1) is 17.2 Å². The minimum atomic E-state index is 0.633. The molecule has 1 atom stereocenters. The Bertz CT molecular complexity index is 218. The summed E-state index contributed by atoms with van der Waals surface area (Å²) >= 11 is 0. The van der Waals surface area contributed by atoms with E-state index < -0.39 is 0 Å². The first kappa shape index (κ1) is 12.0. The van der Waals surface area contributed by atoms with Crippen LogP contribution < -0.4 is 0 Å². The van der Waals surface area contributed by atoms with Gasteiger partial charge in [0.25, 0.3) is 0 Å². The predicted molar refractivity (Wildman–Crippen MR) is 57.2 cm³/mol. The first-order chi connectivity index (χ1) is 6.28. The van der Waals surface area contributed by atoms with Crippen molar-refractivity contribution in [3.8, 4) is 6.07 Å². The predicted octanol–water partition coefficient (Wildman–Crippen LogP) is 3.84. The second-order valence-corrected chi connectivity index (χ2v) is 3.17. The van der Waals surface area contributed by atoms with E-state index in [-0.39, 0.29) is 0 Å². The van der Waals surface area contributed by atoms with E-state index in [1.165, 1.54) is 12.8 Å². The smallest absolute Gasteiger partial charge is 0.0987 e. The summed E-state index contributed by atoms with van der Waals surface area (Å²) < 4.78 is 0. The molecule has 0 spiro atoms. The van der Waals surface area contributed by atoms with Gasteiger partial charge in [0.1, 0.15) is 0 Å². The van der Waals surface area contributed by atoms with Crippen molar-refractivity contribution in [2.24, 2.45) is 5.92 Å². The number of nitriles is 1. The molecule has 0 radical (unpaired) electrons. The third-order valence-corrected chi connectivity index (χ3v) is 2.17. The van der Waals surface area contributed by atoms with Gasteiger partial charge in [0.2, 0.25) is 0 Å². The molecular weight excluding hydrogens is 158 g/mol. The molecule has 0 fully saturated rings. The van der Waals surface area contributed by atoms with Crippen LogP contribution in [0.1, 0.15) is 40.0 Å². The van der Waals surface area contributed by atoms with Crippen LogP contribution in [0.3, 0.4) is 0 Å². The summed E-state index contributed by atoms with van der Waals surface area (Å²) in [7, 11) is 0. The molecule has 0 heterocycles. The summed E-state index contributed by atoms with van der Waals surface area (Å²) in [5, 5.41) is 8.67.